The largest absolute Gasteiger partial charge is 0.351 e. The lowest BCUT2D eigenvalue weighted by Gasteiger charge is -2.08. The quantitative estimate of drug-likeness (QED) is 0.356. The summed E-state index contributed by atoms with van der Waals surface area (Å²) in [6.07, 6.45) is 7.38. The first-order valence-electron chi connectivity index (χ1n) is 10.2. The lowest BCUT2D eigenvalue weighted by Crippen LogP contribution is -1.94. The Bertz CT molecular complexity index is 1300. The molecule has 0 unspecified atom stereocenters. The summed E-state index contributed by atoms with van der Waals surface area (Å²) in [6.45, 7) is 4.51. The van der Waals surface area contributed by atoms with Crippen molar-refractivity contribution in [3.8, 4) is 22.4 Å². The van der Waals surface area contributed by atoms with Gasteiger partial charge in [0.15, 0.2) is 0 Å². The van der Waals surface area contributed by atoms with Gasteiger partial charge in [0.25, 0.3) is 0 Å². The Kier molecular flexibility index (Phi) is 4.24. The predicted molar refractivity (Wildman–Crippen MR) is 121 cm³/mol. The third-order valence-electron chi connectivity index (χ3n) is 5.62. The van der Waals surface area contributed by atoms with Gasteiger partial charge in [0.1, 0.15) is 5.65 Å². The number of imidazole rings is 1. The van der Waals surface area contributed by atoms with Crippen LogP contribution >= 0.6 is 0 Å². The fourth-order valence-corrected chi connectivity index (χ4v) is 4.11. The van der Waals surface area contributed by atoms with E-state index in [1.165, 1.54) is 33.2 Å². The maximum atomic E-state index is 4.61. The van der Waals surface area contributed by atoms with Gasteiger partial charge in [-0.1, -0.05) is 44.2 Å². The van der Waals surface area contributed by atoms with Crippen molar-refractivity contribution in [3.63, 3.8) is 0 Å². The van der Waals surface area contributed by atoms with Gasteiger partial charge in [-0.2, -0.15) is 0 Å². The van der Waals surface area contributed by atoms with Crippen LogP contribution in [0.4, 0.5) is 0 Å². The molecule has 5 aromatic rings. The van der Waals surface area contributed by atoms with Crippen molar-refractivity contribution in [2.75, 3.05) is 0 Å². The van der Waals surface area contributed by atoms with E-state index in [0.717, 1.165) is 17.8 Å². The summed E-state index contributed by atoms with van der Waals surface area (Å²) in [6, 6.07) is 22.0. The van der Waals surface area contributed by atoms with E-state index in [0.29, 0.717) is 5.92 Å². The maximum Gasteiger partial charge on any atom is 0.137 e. The molecule has 0 aliphatic rings. The molecule has 0 saturated heterocycles. The fraction of sp³-hybridized carbons (Fsp3) is 0.192. The number of nitrogens with zero attached hydrogens (tertiary/aromatic N) is 3. The standard InChI is InChI=1S/C26H25N3/c1-18(2)14-19-4-6-20(7-5-19)25-16-27-26-11-9-23(17-29(25)26)21-8-10-24-22(15-21)12-13-28(24)3/h4-13,15-18H,14H2,1-3H3. The summed E-state index contributed by atoms with van der Waals surface area (Å²) in [5, 5.41) is 1.26. The Labute approximate surface area is 171 Å². The lowest BCUT2D eigenvalue weighted by atomic mass is 10.0. The number of benzene rings is 2. The number of pyridine rings is 1. The van der Waals surface area contributed by atoms with Crippen LogP contribution in [-0.4, -0.2) is 14.0 Å². The van der Waals surface area contributed by atoms with E-state index in [9.17, 15) is 0 Å². The second kappa shape index (κ2) is 6.93. The summed E-state index contributed by atoms with van der Waals surface area (Å²) < 4.78 is 4.35. The molecule has 0 bridgehead atoms. The normalized spacial score (nSPS) is 11.7. The Balaban J connectivity index is 1.56. The van der Waals surface area contributed by atoms with Crippen LogP contribution in [0.5, 0.6) is 0 Å². The zero-order valence-electron chi connectivity index (χ0n) is 17.1. The smallest absolute Gasteiger partial charge is 0.137 e. The summed E-state index contributed by atoms with van der Waals surface area (Å²) >= 11 is 0. The Morgan fingerprint density at radius 2 is 1.62 bits per heavy atom. The van der Waals surface area contributed by atoms with Crippen LogP contribution in [0.25, 0.3) is 38.9 Å². The second-order valence-electron chi connectivity index (χ2n) is 8.28. The van der Waals surface area contributed by atoms with Crippen LogP contribution in [0, 0.1) is 5.92 Å². The van der Waals surface area contributed by atoms with E-state index in [1.54, 1.807) is 0 Å². The van der Waals surface area contributed by atoms with Gasteiger partial charge in [-0.3, -0.25) is 4.40 Å². The molecule has 0 amide bonds. The number of hydrogen-bond donors (Lipinski definition) is 0. The number of hydrogen-bond acceptors (Lipinski definition) is 1. The van der Waals surface area contributed by atoms with Crippen LogP contribution in [0.3, 0.4) is 0 Å². The minimum atomic E-state index is 0.668. The molecule has 0 atom stereocenters. The Morgan fingerprint density at radius 1 is 0.862 bits per heavy atom. The van der Waals surface area contributed by atoms with Gasteiger partial charge in [0, 0.05) is 35.9 Å². The predicted octanol–water partition coefficient (Wildman–Crippen LogP) is 6.36. The number of aromatic nitrogens is 3. The van der Waals surface area contributed by atoms with Crippen molar-refractivity contribution in [1.29, 1.82) is 0 Å². The van der Waals surface area contributed by atoms with Gasteiger partial charge >= 0.3 is 0 Å². The van der Waals surface area contributed by atoms with Crippen LogP contribution < -0.4 is 0 Å². The highest BCUT2D eigenvalue weighted by Gasteiger charge is 2.09. The van der Waals surface area contributed by atoms with Gasteiger partial charge < -0.3 is 4.57 Å². The first-order chi connectivity index (χ1) is 14.1. The molecule has 29 heavy (non-hydrogen) atoms. The maximum absolute atomic E-state index is 4.61. The zero-order valence-corrected chi connectivity index (χ0v) is 17.1. The first-order valence-corrected chi connectivity index (χ1v) is 10.2. The van der Waals surface area contributed by atoms with E-state index in [4.69, 9.17) is 0 Å². The van der Waals surface area contributed by atoms with E-state index < -0.39 is 0 Å². The average molecular weight is 380 g/mol. The fourth-order valence-electron chi connectivity index (χ4n) is 4.11. The third kappa shape index (κ3) is 3.23. The molecule has 0 saturated carbocycles. The van der Waals surface area contributed by atoms with Crippen molar-refractivity contribution < 1.29 is 0 Å². The first kappa shape index (κ1) is 17.7. The van der Waals surface area contributed by atoms with Crippen molar-refractivity contribution in [2.45, 2.75) is 20.3 Å². The van der Waals surface area contributed by atoms with Gasteiger partial charge in [0.2, 0.25) is 0 Å². The van der Waals surface area contributed by atoms with E-state index in [1.807, 2.05) is 6.20 Å². The number of fused-ring (bicyclic) bond motifs is 2. The Morgan fingerprint density at radius 3 is 2.41 bits per heavy atom. The lowest BCUT2D eigenvalue weighted by molar-refractivity contribution is 0.647. The molecule has 0 spiro atoms. The minimum absolute atomic E-state index is 0.668. The molecular formula is C26H25N3. The summed E-state index contributed by atoms with van der Waals surface area (Å²) in [5.41, 5.74) is 8.33. The topological polar surface area (TPSA) is 22.2 Å². The molecular weight excluding hydrogens is 354 g/mol. The van der Waals surface area contributed by atoms with Crippen LogP contribution in [-0.2, 0) is 13.5 Å². The van der Waals surface area contributed by atoms with E-state index in [2.05, 4.69) is 108 Å². The third-order valence-corrected chi connectivity index (χ3v) is 5.62. The highest BCUT2D eigenvalue weighted by Crippen LogP contribution is 2.28. The van der Waals surface area contributed by atoms with Gasteiger partial charge in [-0.05, 0) is 59.4 Å². The highest BCUT2D eigenvalue weighted by atomic mass is 15.0. The summed E-state index contributed by atoms with van der Waals surface area (Å²) in [4.78, 5) is 4.61. The molecule has 0 radical (unpaired) electrons. The van der Waals surface area contributed by atoms with Crippen molar-refractivity contribution >= 4 is 16.6 Å². The van der Waals surface area contributed by atoms with Gasteiger partial charge in [-0.25, -0.2) is 4.98 Å². The molecule has 0 aliphatic heterocycles. The van der Waals surface area contributed by atoms with Crippen LogP contribution in [0.1, 0.15) is 19.4 Å². The van der Waals surface area contributed by atoms with Gasteiger partial charge in [0.05, 0.1) is 11.9 Å². The van der Waals surface area contributed by atoms with Crippen molar-refractivity contribution in [1.82, 2.24) is 14.0 Å². The van der Waals surface area contributed by atoms with Crippen LogP contribution in [0.2, 0.25) is 0 Å². The molecule has 2 aromatic carbocycles. The minimum Gasteiger partial charge on any atom is -0.351 e. The molecule has 0 aliphatic carbocycles. The molecule has 0 fully saturated rings. The number of rotatable bonds is 4. The molecule has 5 rings (SSSR count). The monoisotopic (exact) mass is 379 g/mol. The van der Waals surface area contributed by atoms with Crippen molar-refractivity contribution in [3.05, 3.63) is 84.8 Å². The molecule has 3 heterocycles. The highest BCUT2D eigenvalue weighted by molar-refractivity contribution is 5.85. The average Bonchev–Trinajstić information content (AvgIpc) is 3.31. The summed E-state index contributed by atoms with van der Waals surface area (Å²) in [5.74, 6) is 0.668. The van der Waals surface area contributed by atoms with Gasteiger partial charge in [-0.15, -0.1) is 0 Å². The van der Waals surface area contributed by atoms with E-state index >= 15 is 0 Å². The SMILES string of the molecule is CC(C)Cc1ccc(-c2cnc3ccc(-c4ccc5c(ccn5C)c4)cn23)cc1. The Hall–Kier alpha value is -3.33. The molecule has 3 aromatic heterocycles. The molecule has 144 valence electrons. The van der Waals surface area contributed by atoms with Crippen molar-refractivity contribution in [2.24, 2.45) is 13.0 Å². The zero-order chi connectivity index (χ0) is 20.0. The molecule has 3 heteroatoms. The molecule has 0 N–H and O–H groups in total. The molecule has 3 nitrogen and oxygen atoms in total. The summed E-state index contributed by atoms with van der Waals surface area (Å²) in [7, 11) is 2.08. The second-order valence-corrected chi connectivity index (χ2v) is 8.28. The van der Waals surface area contributed by atoms with E-state index in [-0.39, 0.29) is 0 Å². The van der Waals surface area contributed by atoms with Crippen LogP contribution in [0.15, 0.2) is 79.3 Å². The number of aryl methyl sites for hydroxylation is 1.